The lowest BCUT2D eigenvalue weighted by Crippen LogP contribution is -1.99. The van der Waals surface area contributed by atoms with Gasteiger partial charge >= 0.3 is 0 Å². The Kier molecular flexibility index (Phi) is 4.80. The average molecular weight is 371 g/mol. The van der Waals surface area contributed by atoms with E-state index in [9.17, 15) is 0 Å². The van der Waals surface area contributed by atoms with Crippen molar-refractivity contribution in [1.82, 2.24) is 0 Å². The lowest BCUT2D eigenvalue weighted by Gasteiger charge is -2.08. The monoisotopic (exact) mass is 369 g/mol. The number of hydrogen-bond acceptors (Lipinski definition) is 2. The van der Waals surface area contributed by atoms with Crippen molar-refractivity contribution in [3.63, 3.8) is 0 Å². The van der Waals surface area contributed by atoms with Crippen molar-refractivity contribution in [1.29, 1.82) is 0 Å². The molecule has 2 aromatic rings. The first-order valence-corrected chi connectivity index (χ1v) is 7.13. The van der Waals surface area contributed by atoms with Gasteiger partial charge in [0, 0.05) is 15.5 Å². The molecule has 0 aliphatic rings. The Labute approximate surface area is 123 Å². The van der Waals surface area contributed by atoms with E-state index in [4.69, 9.17) is 10.5 Å². The van der Waals surface area contributed by atoms with Crippen LogP contribution >= 0.6 is 31.9 Å². The fraction of sp³-hybridized carbons (Fsp3) is 0.143. The van der Waals surface area contributed by atoms with Gasteiger partial charge in [-0.3, -0.25) is 0 Å². The van der Waals surface area contributed by atoms with E-state index in [1.165, 1.54) is 0 Å². The minimum absolute atomic E-state index is 0.508. The molecule has 0 atom stereocenters. The smallest absolute Gasteiger partial charge is 0.121 e. The Morgan fingerprint density at radius 2 is 1.61 bits per heavy atom. The molecule has 2 rings (SSSR count). The van der Waals surface area contributed by atoms with Crippen LogP contribution in [0.15, 0.2) is 51.4 Å². The van der Waals surface area contributed by atoms with Crippen molar-refractivity contribution < 1.29 is 4.74 Å². The van der Waals surface area contributed by atoms with E-state index in [1.54, 1.807) is 0 Å². The zero-order valence-electron chi connectivity index (χ0n) is 9.70. The quantitative estimate of drug-likeness (QED) is 0.873. The topological polar surface area (TPSA) is 35.2 Å². The van der Waals surface area contributed by atoms with Crippen LogP contribution in [0.5, 0.6) is 5.75 Å². The highest BCUT2D eigenvalue weighted by molar-refractivity contribution is 9.10. The van der Waals surface area contributed by atoms with Crippen LogP contribution in [0.4, 0.5) is 0 Å². The first kappa shape index (κ1) is 13.6. The predicted molar refractivity (Wildman–Crippen MR) is 80.5 cm³/mol. The Morgan fingerprint density at radius 3 is 2.28 bits per heavy atom. The zero-order chi connectivity index (χ0) is 13.0. The summed E-state index contributed by atoms with van der Waals surface area (Å²) in [6, 6.07) is 14.0. The van der Waals surface area contributed by atoms with Crippen molar-refractivity contribution in [2.24, 2.45) is 5.73 Å². The van der Waals surface area contributed by atoms with Crippen LogP contribution in [-0.2, 0) is 13.2 Å². The highest BCUT2D eigenvalue weighted by Gasteiger charge is 2.00. The van der Waals surface area contributed by atoms with Gasteiger partial charge in [-0.15, -0.1) is 0 Å². The molecule has 2 N–H and O–H groups in total. The molecule has 0 heterocycles. The van der Waals surface area contributed by atoms with E-state index in [0.717, 1.165) is 25.8 Å². The highest BCUT2D eigenvalue weighted by Crippen LogP contribution is 2.22. The van der Waals surface area contributed by atoms with Crippen molar-refractivity contribution in [3.8, 4) is 5.75 Å². The molecule has 0 amide bonds. The number of halogens is 2. The Balaban J connectivity index is 2.05. The fourth-order valence-corrected chi connectivity index (χ4v) is 2.35. The van der Waals surface area contributed by atoms with Gasteiger partial charge < -0.3 is 10.5 Å². The van der Waals surface area contributed by atoms with Gasteiger partial charge in [-0.1, -0.05) is 44.0 Å². The van der Waals surface area contributed by atoms with E-state index in [1.807, 2.05) is 42.5 Å². The second-order valence-corrected chi connectivity index (χ2v) is 5.75. The molecular formula is C14H13Br2NO. The van der Waals surface area contributed by atoms with Gasteiger partial charge in [0.2, 0.25) is 0 Å². The molecule has 0 saturated heterocycles. The number of ether oxygens (including phenoxy) is 1. The summed E-state index contributed by atoms with van der Waals surface area (Å²) in [5.41, 5.74) is 7.81. The molecule has 2 aromatic carbocycles. The molecule has 18 heavy (non-hydrogen) atoms. The number of nitrogens with two attached hydrogens (primary N) is 1. The predicted octanol–water partition coefficient (Wildman–Crippen LogP) is 4.25. The molecule has 2 nitrogen and oxygen atoms in total. The van der Waals surface area contributed by atoms with Gasteiger partial charge in [0.15, 0.2) is 0 Å². The minimum atomic E-state index is 0.508. The van der Waals surface area contributed by atoms with E-state index < -0.39 is 0 Å². The summed E-state index contributed by atoms with van der Waals surface area (Å²) in [5.74, 6) is 0.827. The highest BCUT2D eigenvalue weighted by atomic mass is 79.9. The molecule has 0 spiro atoms. The lowest BCUT2D eigenvalue weighted by atomic mass is 10.2. The van der Waals surface area contributed by atoms with Crippen molar-refractivity contribution in [2.75, 3.05) is 0 Å². The standard InChI is InChI=1S/C14H13Br2NO/c15-12-3-1-10(2-4-12)9-18-14-6-11(8-17)5-13(16)7-14/h1-7H,8-9,17H2. The number of benzene rings is 2. The summed E-state index contributed by atoms with van der Waals surface area (Å²) in [5, 5.41) is 0. The summed E-state index contributed by atoms with van der Waals surface area (Å²) in [6.07, 6.45) is 0. The van der Waals surface area contributed by atoms with Crippen molar-refractivity contribution >= 4 is 31.9 Å². The lowest BCUT2D eigenvalue weighted by molar-refractivity contribution is 0.305. The molecule has 0 aliphatic heterocycles. The van der Waals surface area contributed by atoms with Gasteiger partial charge in [-0.05, 0) is 41.5 Å². The molecule has 0 fully saturated rings. The molecular weight excluding hydrogens is 358 g/mol. The minimum Gasteiger partial charge on any atom is -0.489 e. The van der Waals surface area contributed by atoms with Gasteiger partial charge in [-0.25, -0.2) is 0 Å². The van der Waals surface area contributed by atoms with Gasteiger partial charge in [0.25, 0.3) is 0 Å². The third kappa shape index (κ3) is 3.83. The summed E-state index contributed by atoms with van der Waals surface area (Å²) in [4.78, 5) is 0. The molecule has 0 bridgehead atoms. The third-order valence-electron chi connectivity index (χ3n) is 2.49. The van der Waals surface area contributed by atoms with E-state index >= 15 is 0 Å². The summed E-state index contributed by atoms with van der Waals surface area (Å²) in [6.45, 7) is 1.06. The normalized spacial score (nSPS) is 10.4. The van der Waals surface area contributed by atoms with Gasteiger partial charge in [-0.2, -0.15) is 0 Å². The van der Waals surface area contributed by atoms with Crippen molar-refractivity contribution in [3.05, 3.63) is 62.5 Å². The Hall–Kier alpha value is -0.840. The maximum Gasteiger partial charge on any atom is 0.121 e. The molecule has 94 valence electrons. The number of rotatable bonds is 4. The number of hydrogen-bond donors (Lipinski definition) is 1. The summed E-state index contributed by atoms with van der Waals surface area (Å²) >= 11 is 6.86. The van der Waals surface area contributed by atoms with Crippen LogP contribution in [0.1, 0.15) is 11.1 Å². The second kappa shape index (κ2) is 6.36. The first-order chi connectivity index (χ1) is 8.67. The van der Waals surface area contributed by atoms with Crippen LogP contribution in [0.25, 0.3) is 0 Å². The SMILES string of the molecule is NCc1cc(Br)cc(OCc2ccc(Br)cc2)c1. The average Bonchev–Trinajstić information content (AvgIpc) is 2.37. The van der Waals surface area contributed by atoms with Gasteiger partial charge in [0.05, 0.1) is 0 Å². The molecule has 0 aromatic heterocycles. The van der Waals surface area contributed by atoms with Gasteiger partial charge in [0.1, 0.15) is 12.4 Å². The van der Waals surface area contributed by atoms with E-state index in [-0.39, 0.29) is 0 Å². The van der Waals surface area contributed by atoms with E-state index in [0.29, 0.717) is 13.2 Å². The Morgan fingerprint density at radius 1 is 0.889 bits per heavy atom. The first-order valence-electron chi connectivity index (χ1n) is 5.54. The third-order valence-corrected chi connectivity index (χ3v) is 3.47. The second-order valence-electron chi connectivity index (χ2n) is 3.91. The van der Waals surface area contributed by atoms with Crippen LogP contribution in [-0.4, -0.2) is 0 Å². The molecule has 0 unspecified atom stereocenters. The fourth-order valence-electron chi connectivity index (χ4n) is 1.57. The zero-order valence-corrected chi connectivity index (χ0v) is 12.9. The maximum absolute atomic E-state index is 5.75. The molecule has 0 aliphatic carbocycles. The van der Waals surface area contributed by atoms with Crippen LogP contribution < -0.4 is 10.5 Å². The molecule has 0 saturated carbocycles. The maximum atomic E-state index is 5.75. The van der Waals surface area contributed by atoms with Crippen molar-refractivity contribution in [2.45, 2.75) is 13.2 Å². The largest absolute Gasteiger partial charge is 0.489 e. The molecule has 0 radical (unpaired) electrons. The van der Waals surface area contributed by atoms with Crippen LogP contribution in [0, 0.1) is 0 Å². The van der Waals surface area contributed by atoms with Crippen LogP contribution in [0.3, 0.4) is 0 Å². The summed E-state index contributed by atoms with van der Waals surface area (Å²) in [7, 11) is 0. The summed E-state index contributed by atoms with van der Waals surface area (Å²) < 4.78 is 7.81. The Bertz CT molecular complexity index is 526. The van der Waals surface area contributed by atoms with Crippen LogP contribution in [0.2, 0.25) is 0 Å². The molecule has 4 heteroatoms. The van der Waals surface area contributed by atoms with E-state index in [2.05, 4.69) is 31.9 Å².